The van der Waals surface area contributed by atoms with Gasteiger partial charge in [-0.25, -0.2) is 9.59 Å². The summed E-state index contributed by atoms with van der Waals surface area (Å²) in [5.74, 6) is 0.827. The number of benzene rings is 1. The van der Waals surface area contributed by atoms with Gasteiger partial charge in [-0.1, -0.05) is 17.7 Å². The number of primary amides is 1. The number of nitrogens with two attached hydrogens (primary N) is 1. The van der Waals surface area contributed by atoms with Crippen LogP contribution in [0.25, 0.3) is 11.0 Å². The Bertz CT molecular complexity index is 1240. The number of halogens is 1. The van der Waals surface area contributed by atoms with Crippen molar-refractivity contribution in [2.45, 2.75) is 57.1 Å². The fraction of sp³-hybridized carbons (Fsp3) is 0.640. The largest absolute Gasteiger partial charge is 0.446 e. The summed E-state index contributed by atoms with van der Waals surface area (Å²) in [4.78, 5) is 40.3. The van der Waals surface area contributed by atoms with Gasteiger partial charge in [0, 0.05) is 25.6 Å². The Hall–Kier alpha value is -2.48. The summed E-state index contributed by atoms with van der Waals surface area (Å²) in [5.41, 5.74) is 6.80. The Kier molecular flexibility index (Phi) is 5.03. The molecule has 2 N–H and O–H groups in total. The van der Waals surface area contributed by atoms with Crippen molar-refractivity contribution >= 4 is 34.6 Å². The van der Waals surface area contributed by atoms with Crippen LogP contribution in [0.2, 0.25) is 5.02 Å². The van der Waals surface area contributed by atoms with Crippen LogP contribution in [0.4, 0.5) is 4.79 Å². The Morgan fingerprint density at radius 3 is 2.76 bits per heavy atom. The van der Waals surface area contributed by atoms with Gasteiger partial charge in [0.25, 0.3) is 0 Å². The van der Waals surface area contributed by atoms with E-state index in [1.54, 1.807) is 27.1 Å². The van der Waals surface area contributed by atoms with Gasteiger partial charge in [-0.05, 0) is 74.8 Å². The summed E-state index contributed by atoms with van der Waals surface area (Å²) in [7, 11) is 1.74. The summed E-state index contributed by atoms with van der Waals surface area (Å²) >= 11 is 6.46. The molecule has 0 spiro atoms. The Balaban J connectivity index is 1.20. The topological polar surface area (TPSA) is 99.6 Å². The zero-order valence-corrected chi connectivity index (χ0v) is 20.2. The van der Waals surface area contributed by atoms with Gasteiger partial charge in [0.1, 0.15) is 6.10 Å². The minimum Gasteiger partial charge on any atom is -0.446 e. The summed E-state index contributed by atoms with van der Waals surface area (Å²) in [6.45, 7) is 0.950. The molecule has 9 heteroatoms. The average Bonchev–Trinajstić information content (AvgIpc) is 3.32. The lowest BCUT2D eigenvalue weighted by Gasteiger charge is -2.47. The van der Waals surface area contributed by atoms with Gasteiger partial charge in [-0.15, -0.1) is 0 Å². The van der Waals surface area contributed by atoms with E-state index in [0.717, 1.165) is 44.0 Å². The van der Waals surface area contributed by atoms with Crippen LogP contribution >= 0.6 is 11.6 Å². The number of likely N-dealkylation sites (tertiary alicyclic amines) is 1. The maximum atomic E-state index is 13.3. The first kappa shape index (κ1) is 22.0. The van der Waals surface area contributed by atoms with Gasteiger partial charge >= 0.3 is 11.8 Å². The number of fused-ring (bicyclic) bond motifs is 2. The first-order chi connectivity index (χ1) is 16.3. The first-order valence-corrected chi connectivity index (χ1v) is 12.8. The molecule has 6 unspecified atom stereocenters. The maximum absolute atomic E-state index is 13.3. The molecule has 1 saturated heterocycles. The standard InChI is InChI=1S/C25H31ClN4O4/c1-28-19-4-2-3-18(26)20(19)30(23(28)32)17-6-8-29(13-17)24(33)34-21-15-5-7-25(22(27)31)11-14(9-15)10-16(21)12-25/h2-4,14-17,21H,5-13H2,1H3,(H2,27,31). The van der Waals surface area contributed by atoms with Gasteiger partial charge in [0.2, 0.25) is 5.91 Å². The number of aryl methyl sites for hydroxylation is 1. The second kappa shape index (κ2) is 7.77. The summed E-state index contributed by atoms with van der Waals surface area (Å²) in [6.07, 6.45) is 5.55. The van der Waals surface area contributed by atoms with E-state index < -0.39 is 5.41 Å². The number of aromatic nitrogens is 2. The number of para-hydroxylation sites is 1. The fourth-order valence-electron chi connectivity index (χ4n) is 7.60. The third-order valence-corrected chi connectivity index (χ3v) is 9.44. The van der Waals surface area contributed by atoms with Gasteiger partial charge in [-0.2, -0.15) is 0 Å². The van der Waals surface area contributed by atoms with Gasteiger partial charge < -0.3 is 15.4 Å². The molecule has 1 aliphatic heterocycles. The van der Waals surface area contributed by atoms with Crippen LogP contribution in [0.5, 0.6) is 0 Å². The minimum absolute atomic E-state index is 0.127. The zero-order chi connectivity index (χ0) is 23.8. The highest BCUT2D eigenvalue weighted by Crippen LogP contribution is 2.57. The van der Waals surface area contributed by atoms with Crippen LogP contribution in [-0.2, 0) is 16.6 Å². The van der Waals surface area contributed by atoms with Crippen molar-refractivity contribution in [3.63, 3.8) is 0 Å². The molecule has 0 radical (unpaired) electrons. The molecule has 7 rings (SSSR count). The number of imidazole rings is 1. The van der Waals surface area contributed by atoms with E-state index in [9.17, 15) is 14.4 Å². The van der Waals surface area contributed by atoms with Gasteiger partial charge in [0.05, 0.1) is 22.1 Å². The molecular formula is C25H31ClN4O4. The first-order valence-electron chi connectivity index (χ1n) is 12.4. The van der Waals surface area contributed by atoms with Gasteiger partial charge in [0.15, 0.2) is 0 Å². The van der Waals surface area contributed by atoms with E-state index in [4.69, 9.17) is 22.1 Å². The second-order valence-corrected chi connectivity index (χ2v) is 11.4. The number of amides is 2. The van der Waals surface area contributed by atoms with E-state index in [2.05, 4.69) is 0 Å². The number of hydrogen-bond acceptors (Lipinski definition) is 4. The molecular weight excluding hydrogens is 456 g/mol. The van der Waals surface area contributed by atoms with Crippen LogP contribution in [0.1, 0.15) is 51.0 Å². The average molecular weight is 487 g/mol. The zero-order valence-electron chi connectivity index (χ0n) is 19.4. The van der Waals surface area contributed by atoms with Crippen molar-refractivity contribution in [1.82, 2.24) is 14.0 Å². The van der Waals surface area contributed by atoms with Gasteiger partial charge in [-0.3, -0.25) is 13.9 Å². The number of rotatable bonds is 3. The van der Waals surface area contributed by atoms with E-state index in [0.29, 0.717) is 41.9 Å². The van der Waals surface area contributed by atoms with E-state index in [1.807, 2.05) is 12.1 Å². The molecule has 5 fully saturated rings. The molecule has 4 saturated carbocycles. The SMILES string of the molecule is Cn1c(=O)n(C2CCN(C(=O)OC3C4CCC5(C(N)=O)CC(C4)CC3C5)C2)c2c(Cl)cccc21. The highest BCUT2D eigenvalue weighted by atomic mass is 35.5. The monoisotopic (exact) mass is 486 g/mol. The minimum atomic E-state index is -0.420. The van der Waals surface area contributed by atoms with Crippen molar-refractivity contribution in [3.8, 4) is 0 Å². The molecule has 8 nitrogen and oxygen atoms in total. The number of carbonyl (C=O) groups is 2. The molecule has 4 aliphatic carbocycles. The lowest BCUT2D eigenvalue weighted by molar-refractivity contribution is -0.134. The lowest BCUT2D eigenvalue weighted by atomic mass is 9.60. The molecule has 6 atom stereocenters. The Labute approximate surface area is 203 Å². The van der Waals surface area contributed by atoms with Crippen molar-refractivity contribution in [2.24, 2.45) is 36.0 Å². The number of ether oxygens (including phenoxy) is 1. The van der Waals surface area contributed by atoms with Crippen LogP contribution in [-0.4, -0.2) is 45.2 Å². The van der Waals surface area contributed by atoms with Crippen molar-refractivity contribution in [1.29, 1.82) is 0 Å². The molecule has 2 heterocycles. The van der Waals surface area contributed by atoms with Crippen LogP contribution < -0.4 is 11.4 Å². The highest BCUT2D eigenvalue weighted by Gasteiger charge is 2.55. The van der Waals surface area contributed by atoms with Crippen molar-refractivity contribution in [2.75, 3.05) is 13.1 Å². The van der Waals surface area contributed by atoms with Crippen molar-refractivity contribution < 1.29 is 14.3 Å². The third-order valence-electron chi connectivity index (χ3n) is 9.13. The van der Waals surface area contributed by atoms with Crippen LogP contribution in [0.15, 0.2) is 23.0 Å². The quantitative estimate of drug-likeness (QED) is 0.718. The van der Waals surface area contributed by atoms with Crippen molar-refractivity contribution in [3.05, 3.63) is 33.7 Å². The number of hydrogen-bond donors (Lipinski definition) is 1. The smallest absolute Gasteiger partial charge is 0.410 e. The molecule has 5 aliphatic rings. The molecule has 4 bridgehead atoms. The molecule has 2 amide bonds. The summed E-state index contributed by atoms with van der Waals surface area (Å²) < 4.78 is 9.50. The molecule has 34 heavy (non-hydrogen) atoms. The predicted molar refractivity (Wildman–Crippen MR) is 127 cm³/mol. The number of nitrogens with zero attached hydrogens (tertiary/aromatic N) is 3. The molecule has 1 aromatic carbocycles. The summed E-state index contributed by atoms with van der Waals surface area (Å²) in [6, 6.07) is 5.36. The fourth-order valence-corrected chi connectivity index (χ4v) is 7.86. The summed E-state index contributed by atoms with van der Waals surface area (Å²) in [5, 5.41) is 0.532. The number of carbonyl (C=O) groups excluding carboxylic acids is 2. The Morgan fingerprint density at radius 1 is 1.18 bits per heavy atom. The molecule has 2 aromatic rings. The third kappa shape index (κ3) is 3.21. The second-order valence-electron chi connectivity index (χ2n) is 11.0. The lowest BCUT2D eigenvalue weighted by Crippen LogP contribution is -2.49. The highest BCUT2D eigenvalue weighted by molar-refractivity contribution is 6.35. The van der Waals surface area contributed by atoms with E-state index in [-0.39, 0.29) is 35.8 Å². The van der Waals surface area contributed by atoms with Crippen LogP contribution in [0.3, 0.4) is 0 Å². The van der Waals surface area contributed by atoms with E-state index in [1.165, 1.54) is 0 Å². The molecule has 1 aromatic heterocycles. The predicted octanol–water partition coefficient (Wildman–Crippen LogP) is 3.45. The van der Waals surface area contributed by atoms with Crippen LogP contribution in [0, 0.1) is 23.2 Å². The Morgan fingerprint density at radius 2 is 1.97 bits per heavy atom. The van der Waals surface area contributed by atoms with E-state index >= 15 is 0 Å². The molecule has 182 valence electrons. The normalized spacial score (nSPS) is 34.5. The maximum Gasteiger partial charge on any atom is 0.410 e.